The van der Waals surface area contributed by atoms with E-state index in [-0.39, 0.29) is 23.0 Å². The Hall–Kier alpha value is -9.12. The first-order valence-corrected chi connectivity index (χ1v) is 31.4. The second kappa shape index (κ2) is 20.0. The highest BCUT2D eigenvalue weighted by atomic mass is 15.3. The van der Waals surface area contributed by atoms with Crippen molar-refractivity contribution >= 4 is 68.6 Å². The summed E-state index contributed by atoms with van der Waals surface area (Å²) in [5, 5.41) is 0. The fourth-order valence-corrected chi connectivity index (χ4v) is 15.6. The average Bonchev–Trinajstić information content (AvgIpc) is 1.65. The van der Waals surface area contributed by atoms with E-state index in [4.69, 9.17) is 0 Å². The predicted molar refractivity (Wildman–Crippen MR) is 371 cm³/mol. The molecule has 3 nitrogen and oxygen atoms in total. The quantitative estimate of drug-likeness (QED) is 0.147. The van der Waals surface area contributed by atoms with Crippen LogP contribution < -0.4 is 31.1 Å². The summed E-state index contributed by atoms with van der Waals surface area (Å²) in [5.74, 6) is 0. The minimum absolute atomic E-state index is 0.0854. The van der Waals surface area contributed by atoms with Gasteiger partial charge in [0.25, 0.3) is 6.71 Å². The molecule has 0 radical (unpaired) electrons. The highest BCUT2D eigenvalue weighted by Crippen LogP contribution is 2.63. The molecule has 3 aliphatic heterocycles. The van der Waals surface area contributed by atoms with E-state index in [9.17, 15) is 0 Å². The summed E-state index contributed by atoms with van der Waals surface area (Å²) in [4.78, 5) is 8.18. The molecule has 0 N–H and O–H groups in total. The second-order valence-corrected chi connectivity index (χ2v) is 28.4. The number of fused-ring (bicyclic) bond motifs is 8. The average molecular weight is 1130 g/mol. The summed E-state index contributed by atoms with van der Waals surface area (Å²) in [5.41, 5.74) is 28.9. The van der Waals surface area contributed by atoms with Gasteiger partial charge in [-0.1, -0.05) is 263 Å². The maximum absolute atomic E-state index is 2.81. The molecule has 0 saturated carbocycles. The molecule has 4 heteroatoms. The van der Waals surface area contributed by atoms with Gasteiger partial charge in [-0.15, -0.1) is 0 Å². The van der Waals surface area contributed by atoms with E-state index in [1.165, 1.54) is 123 Å². The third kappa shape index (κ3) is 8.60. The lowest BCUT2D eigenvalue weighted by molar-refractivity contribution is 0.281. The van der Waals surface area contributed by atoms with Crippen LogP contribution in [0, 0.1) is 0 Å². The molecule has 2 atom stereocenters. The number of rotatable bonds is 7. The van der Waals surface area contributed by atoms with E-state index in [1.54, 1.807) is 0 Å². The maximum atomic E-state index is 2.81. The minimum atomic E-state index is -0.462. The van der Waals surface area contributed by atoms with E-state index in [1.807, 2.05) is 0 Å². The van der Waals surface area contributed by atoms with Crippen LogP contribution in [-0.2, 0) is 34.5 Å². The van der Waals surface area contributed by atoms with Crippen LogP contribution in [0.4, 0.5) is 45.5 Å². The van der Waals surface area contributed by atoms with Gasteiger partial charge in [-0.25, -0.2) is 0 Å². The molecule has 11 aromatic rings. The Morgan fingerprint density at radius 1 is 0.345 bits per heavy atom. The summed E-state index contributed by atoms with van der Waals surface area (Å²) in [7, 11) is 0. The van der Waals surface area contributed by atoms with E-state index in [0.717, 1.165) is 24.2 Å². The maximum Gasteiger partial charge on any atom is 0.252 e. The number of para-hydroxylation sites is 1. The molecule has 15 rings (SSSR count). The molecular weight excluding hydrogens is 1050 g/mol. The number of benzene rings is 11. The first kappa shape index (κ1) is 54.5. The molecule has 4 aliphatic rings. The van der Waals surface area contributed by atoms with Gasteiger partial charge in [-0.05, 0) is 168 Å². The van der Waals surface area contributed by atoms with E-state index in [0.29, 0.717) is 0 Å². The molecule has 2 unspecified atom stereocenters. The molecule has 87 heavy (non-hydrogen) atoms. The van der Waals surface area contributed by atoms with Crippen molar-refractivity contribution in [2.75, 3.05) is 14.7 Å². The Kier molecular flexibility index (Phi) is 12.5. The Labute approximate surface area is 516 Å². The molecule has 0 fully saturated rings. The molecular formula is C83H76BN3. The minimum Gasteiger partial charge on any atom is -0.334 e. The number of hydrogen-bond donors (Lipinski definition) is 0. The molecule has 0 amide bonds. The van der Waals surface area contributed by atoms with Gasteiger partial charge < -0.3 is 14.7 Å². The van der Waals surface area contributed by atoms with Crippen molar-refractivity contribution in [3.05, 3.63) is 294 Å². The number of nitrogens with zero attached hydrogens (tertiary/aromatic N) is 3. The molecule has 11 aromatic carbocycles. The van der Waals surface area contributed by atoms with Crippen LogP contribution in [0.1, 0.15) is 108 Å². The van der Waals surface area contributed by atoms with Crippen LogP contribution >= 0.6 is 0 Å². The zero-order valence-electron chi connectivity index (χ0n) is 52.1. The summed E-state index contributed by atoms with van der Waals surface area (Å²) in [6.45, 7) is 23.6. The highest BCUT2D eigenvalue weighted by Gasteiger charge is 2.62. The predicted octanol–water partition coefficient (Wildman–Crippen LogP) is 19.7. The Morgan fingerprint density at radius 2 is 0.805 bits per heavy atom. The zero-order chi connectivity index (χ0) is 59.8. The van der Waals surface area contributed by atoms with Crippen molar-refractivity contribution in [2.24, 2.45) is 0 Å². The SMILES string of the molecule is CC(C)(C)c1ccc2c(c1)B1c3ccc(-c4ccccc4)cc3N(c3ccc(C(C)(C)C)cc3-c3ccccc3)c3cc(N4c5ccccc5C5(c6ccccc6)Cc6ccccc6CC45C)cc(c31)N2c1ccc(C(C)(C)C)cc1-c1ccccc1. The lowest BCUT2D eigenvalue weighted by Crippen LogP contribution is -2.62. The van der Waals surface area contributed by atoms with E-state index >= 15 is 0 Å². The van der Waals surface area contributed by atoms with Crippen molar-refractivity contribution < 1.29 is 0 Å². The van der Waals surface area contributed by atoms with Gasteiger partial charge in [-0.2, -0.15) is 0 Å². The van der Waals surface area contributed by atoms with Crippen molar-refractivity contribution in [3.63, 3.8) is 0 Å². The van der Waals surface area contributed by atoms with Crippen LogP contribution in [0.2, 0.25) is 0 Å². The van der Waals surface area contributed by atoms with Gasteiger partial charge in [0.1, 0.15) is 0 Å². The molecule has 0 bridgehead atoms. The van der Waals surface area contributed by atoms with E-state index in [2.05, 4.69) is 339 Å². The fourth-order valence-electron chi connectivity index (χ4n) is 15.6. The molecule has 3 heterocycles. The number of hydrogen-bond acceptors (Lipinski definition) is 3. The third-order valence-electron chi connectivity index (χ3n) is 20.1. The summed E-state index contributed by atoms with van der Waals surface area (Å²) < 4.78 is 0. The van der Waals surface area contributed by atoms with Crippen LogP contribution in [0.15, 0.2) is 255 Å². The lowest BCUT2D eigenvalue weighted by Gasteiger charge is -2.53. The summed E-state index contributed by atoms with van der Waals surface area (Å²) in [6.07, 6.45) is 1.74. The van der Waals surface area contributed by atoms with Crippen molar-refractivity contribution in [1.29, 1.82) is 0 Å². The molecule has 0 spiro atoms. The van der Waals surface area contributed by atoms with Gasteiger partial charge in [-0.3, -0.25) is 0 Å². The van der Waals surface area contributed by atoms with Gasteiger partial charge in [0.15, 0.2) is 0 Å². The first-order chi connectivity index (χ1) is 41.9. The molecule has 426 valence electrons. The van der Waals surface area contributed by atoms with Gasteiger partial charge in [0.05, 0.1) is 16.9 Å². The van der Waals surface area contributed by atoms with Crippen molar-refractivity contribution in [3.8, 4) is 33.4 Å². The van der Waals surface area contributed by atoms with Gasteiger partial charge >= 0.3 is 0 Å². The van der Waals surface area contributed by atoms with Crippen LogP contribution in [0.3, 0.4) is 0 Å². The Balaban J connectivity index is 1.12. The smallest absolute Gasteiger partial charge is 0.252 e. The second-order valence-electron chi connectivity index (χ2n) is 28.4. The summed E-state index contributed by atoms with van der Waals surface area (Å²) >= 11 is 0. The normalized spacial score (nSPS) is 17.4. The van der Waals surface area contributed by atoms with Crippen molar-refractivity contribution in [1.82, 2.24) is 0 Å². The van der Waals surface area contributed by atoms with E-state index < -0.39 is 11.0 Å². The highest BCUT2D eigenvalue weighted by molar-refractivity contribution is 7.00. The topological polar surface area (TPSA) is 9.72 Å². The summed E-state index contributed by atoms with van der Waals surface area (Å²) in [6, 6.07) is 98.1. The van der Waals surface area contributed by atoms with Gasteiger partial charge in [0.2, 0.25) is 0 Å². The third-order valence-corrected chi connectivity index (χ3v) is 20.1. The van der Waals surface area contributed by atoms with Crippen LogP contribution in [-0.4, -0.2) is 12.3 Å². The standard InChI is InChI=1S/C83H76BN3/c1-79(2,3)62-40-44-71(66(48-62)56-29-17-12-18-30-56)85-74-46-42-64(81(7,8)9)50-70(74)84-69-43-39-58(55-27-15-11-16-28-55)47-75(69)86(72-45-41-63(80(4,5)6)49-67(72)57-31-19-13-20-32-57)77-52-65(51-76(85)78(77)84)87-73-38-26-25-37-68(73)83(61-35-21-14-22-36-61)54-60-34-24-23-33-59(60)53-82(83,87)10/h11-52H,53-54H2,1-10H3. The van der Waals surface area contributed by atoms with Crippen LogP contribution in [0.5, 0.6) is 0 Å². The lowest BCUT2D eigenvalue weighted by atomic mass is 9.33. The molecule has 0 aromatic heterocycles. The first-order valence-electron chi connectivity index (χ1n) is 31.4. The van der Waals surface area contributed by atoms with Crippen molar-refractivity contribution in [2.45, 2.75) is 109 Å². The molecule has 0 saturated heterocycles. The Morgan fingerprint density at radius 3 is 1.36 bits per heavy atom. The van der Waals surface area contributed by atoms with Gasteiger partial charge in [0, 0.05) is 50.7 Å². The largest absolute Gasteiger partial charge is 0.334 e. The zero-order valence-corrected chi connectivity index (χ0v) is 52.1. The molecule has 1 aliphatic carbocycles. The fraction of sp³-hybridized carbons (Fsp3) is 0.205. The van der Waals surface area contributed by atoms with Crippen LogP contribution in [0.25, 0.3) is 33.4 Å². The Bertz CT molecular complexity index is 4490. The number of anilines is 8. The monoisotopic (exact) mass is 1130 g/mol.